The second kappa shape index (κ2) is 9.10. The topological polar surface area (TPSA) is 136 Å². The van der Waals surface area contributed by atoms with Gasteiger partial charge >= 0.3 is 5.91 Å². The molecule has 0 bridgehead atoms. The Hall–Kier alpha value is -4.60. The third kappa shape index (κ3) is 4.20. The van der Waals surface area contributed by atoms with E-state index in [1.807, 2.05) is 13.8 Å². The van der Waals surface area contributed by atoms with Gasteiger partial charge in [-0.3, -0.25) is 24.6 Å². The Morgan fingerprint density at radius 1 is 1.09 bits per heavy atom. The second-order valence-electron chi connectivity index (χ2n) is 7.76. The first-order valence-electron chi connectivity index (χ1n) is 10.4. The SMILES string of the molecule is CC(C)Oc1ccc(C(O)=C2C(=O)C(=O)N(c3ncccn3)C2c2cccc([N+](=O)[O-])c2)cc1. The number of ether oxygens (including phenoxy) is 1. The average Bonchev–Trinajstić information content (AvgIpc) is 3.10. The zero-order valence-corrected chi connectivity index (χ0v) is 18.3. The number of aliphatic hydroxyl groups excluding tert-OH is 1. The lowest BCUT2D eigenvalue weighted by Gasteiger charge is -2.23. The Balaban J connectivity index is 1.89. The Labute approximate surface area is 194 Å². The first-order chi connectivity index (χ1) is 16.3. The molecule has 1 saturated heterocycles. The monoisotopic (exact) mass is 460 g/mol. The van der Waals surface area contributed by atoms with Crippen LogP contribution in [0, 0.1) is 10.1 Å². The van der Waals surface area contributed by atoms with Gasteiger partial charge in [-0.2, -0.15) is 0 Å². The highest BCUT2D eigenvalue weighted by Crippen LogP contribution is 2.41. The third-order valence-electron chi connectivity index (χ3n) is 5.11. The molecular weight excluding hydrogens is 440 g/mol. The molecule has 4 rings (SSSR count). The normalized spacial score (nSPS) is 17.3. The zero-order valence-electron chi connectivity index (χ0n) is 18.3. The van der Waals surface area contributed by atoms with Crippen molar-refractivity contribution in [1.82, 2.24) is 9.97 Å². The van der Waals surface area contributed by atoms with E-state index < -0.39 is 28.4 Å². The number of hydrogen-bond acceptors (Lipinski definition) is 8. The number of aromatic nitrogens is 2. The number of nitro benzene ring substituents is 1. The minimum absolute atomic E-state index is 0.0514. The number of non-ortho nitro benzene ring substituents is 1. The number of amides is 1. The predicted molar refractivity (Wildman–Crippen MR) is 122 cm³/mol. The molecule has 172 valence electrons. The van der Waals surface area contributed by atoms with E-state index in [0.29, 0.717) is 5.75 Å². The largest absolute Gasteiger partial charge is 0.507 e. The summed E-state index contributed by atoms with van der Waals surface area (Å²) in [5.74, 6) is -1.84. The molecule has 1 atom stereocenters. The van der Waals surface area contributed by atoms with E-state index in [4.69, 9.17) is 4.74 Å². The van der Waals surface area contributed by atoms with E-state index >= 15 is 0 Å². The van der Waals surface area contributed by atoms with Crippen LogP contribution in [0.2, 0.25) is 0 Å². The molecule has 1 N–H and O–H groups in total. The lowest BCUT2D eigenvalue weighted by molar-refractivity contribution is -0.384. The molecule has 2 heterocycles. The molecule has 0 spiro atoms. The van der Waals surface area contributed by atoms with Gasteiger partial charge in [-0.05, 0) is 49.7 Å². The van der Waals surface area contributed by atoms with Crippen LogP contribution in [0.4, 0.5) is 11.6 Å². The smallest absolute Gasteiger partial charge is 0.302 e. The van der Waals surface area contributed by atoms with Crippen LogP contribution in [0.5, 0.6) is 5.75 Å². The molecular formula is C24H20N4O6. The van der Waals surface area contributed by atoms with E-state index in [9.17, 15) is 24.8 Å². The molecule has 1 fully saturated rings. The lowest BCUT2D eigenvalue weighted by atomic mass is 9.95. The highest BCUT2D eigenvalue weighted by molar-refractivity contribution is 6.51. The van der Waals surface area contributed by atoms with Crippen molar-refractivity contribution in [3.05, 3.63) is 93.8 Å². The molecule has 34 heavy (non-hydrogen) atoms. The summed E-state index contributed by atoms with van der Waals surface area (Å²) < 4.78 is 5.61. The Morgan fingerprint density at radius 3 is 2.38 bits per heavy atom. The number of hydrogen-bond donors (Lipinski definition) is 1. The maximum atomic E-state index is 13.1. The molecule has 2 aromatic carbocycles. The van der Waals surface area contributed by atoms with E-state index in [-0.39, 0.29) is 34.4 Å². The molecule has 0 saturated carbocycles. The van der Waals surface area contributed by atoms with Gasteiger partial charge in [0.05, 0.1) is 22.6 Å². The molecule has 1 aliphatic rings. The molecule has 3 aromatic rings. The van der Waals surface area contributed by atoms with Gasteiger partial charge in [0.2, 0.25) is 5.95 Å². The number of benzene rings is 2. The number of Topliss-reactive ketones (excluding diaryl/α,β-unsaturated/α-hetero) is 1. The number of nitro groups is 1. The van der Waals surface area contributed by atoms with Gasteiger partial charge in [-0.25, -0.2) is 9.97 Å². The minimum Gasteiger partial charge on any atom is -0.507 e. The summed E-state index contributed by atoms with van der Waals surface area (Å²) in [6.07, 6.45) is 2.75. The summed E-state index contributed by atoms with van der Waals surface area (Å²) in [6.45, 7) is 3.75. The van der Waals surface area contributed by atoms with Crippen molar-refractivity contribution in [1.29, 1.82) is 0 Å². The van der Waals surface area contributed by atoms with Crippen LogP contribution < -0.4 is 9.64 Å². The number of carbonyl (C=O) groups is 2. The van der Waals surface area contributed by atoms with E-state index in [0.717, 1.165) is 4.90 Å². The first kappa shape index (κ1) is 22.6. The van der Waals surface area contributed by atoms with Crippen LogP contribution in [0.15, 0.2) is 72.6 Å². The molecule has 0 aliphatic carbocycles. The van der Waals surface area contributed by atoms with Crippen LogP contribution in [-0.4, -0.2) is 37.8 Å². The van der Waals surface area contributed by atoms with E-state index in [1.54, 1.807) is 30.3 Å². The number of rotatable bonds is 6. The highest BCUT2D eigenvalue weighted by atomic mass is 16.6. The van der Waals surface area contributed by atoms with Crippen molar-refractivity contribution in [3.8, 4) is 5.75 Å². The summed E-state index contributed by atoms with van der Waals surface area (Å²) in [7, 11) is 0. The van der Waals surface area contributed by atoms with Gasteiger partial charge in [-0.15, -0.1) is 0 Å². The first-order valence-corrected chi connectivity index (χ1v) is 10.4. The average molecular weight is 460 g/mol. The summed E-state index contributed by atoms with van der Waals surface area (Å²) in [4.78, 5) is 46.1. The van der Waals surface area contributed by atoms with Gasteiger partial charge in [0.25, 0.3) is 11.5 Å². The molecule has 1 amide bonds. The number of ketones is 1. The summed E-state index contributed by atoms with van der Waals surface area (Å²) in [5, 5.41) is 22.5. The van der Waals surface area contributed by atoms with E-state index in [1.165, 1.54) is 36.7 Å². The number of anilines is 1. The van der Waals surface area contributed by atoms with Crippen LogP contribution in [0.1, 0.15) is 31.0 Å². The molecule has 10 nitrogen and oxygen atoms in total. The van der Waals surface area contributed by atoms with Crippen molar-refractivity contribution < 1.29 is 24.4 Å². The second-order valence-corrected chi connectivity index (χ2v) is 7.76. The van der Waals surface area contributed by atoms with Crippen molar-refractivity contribution >= 4 is 29.1 Å². The van der Waals surface area contributed by atoms with Gasteiger partial charge in [0.1, 0.15) is 11.5 Å². The van der Waals surface area contributed by atoms with Gasteiger partial charge in [0, 0.05) is 30.1 Å². The quantitative estimate of drug-likeness (QED) is 0.193. The van der Waals surface area contributed by atoms with Crippen LogP contribution in [-0.2, 0) is 9.59 Å². The van der Waals surface area contributed by atoms with Crippen LogP contribution in [0.25, 0.3) is 5.76 Å². The zero-order chi connectivity index (χ0) is 24.4. The fraction of sp³-hybridized carbons (Fsp3) is 0.167. The molecule has 10 heteroatoms. The highest BCUT2D eigenvalue weighted by Gasteiger charge is 2.48. The number of carbonyl (C=O) groups excluding carboxylic acids is 2. The Morgan fingerprint density at radius 2 is 1.76 bits per heavy atom. The van der Waals surface area contributed by atoms with Crippen molar-refractivity contribution in [2.75, 3.05) is 4.90 Å². The number of nitrogens with zero attached hydrogens (tertiary/aromatic N) is 4. The maximum Gasteiger partial charge on any atom is 0.302 e. The summed E-state index contributed by atoms with van der Waals surface area (Å²) in [6, 6.07) is 12.3. The maximum absolute atomic E-state index is 13.1. The summed E-state index contributed by atoms with van der Waals surface area (Å²) >= 11 is 0. The molecule has 0 radical (unpaired) electrons. The van der Waals surface area contributed by atoms with Gasteiger partial charge in [0.15, 0.2) is 0 Å². The molecule has 1 aromatic heterocycles. The van der Waals surface area contributed by atoms with Gasteiger partial charge in [-0.1, -0.05) is 12.1 Å². The summed E-state index contributed by atoms with van der Waals surface area (Å²) in [5.41, 5.74) is 0.0726. The standard InChI is InChI=1S/C24H20N4O6/c1-14(2)34-18-9-7-15(8-10-18)21(29)19-20(16-5-3-6-17(13-16)28(32)33)27(23(31)22(19)30)24-25-11-4-12-26-24/h3-14,20,29H,1-2H3. The Bertz CT molecular complexity index is 1290. The molecule has 1 aliphatic heterocycles. The van der Waals surface area contributed by atoms with Crippen LogP contribution >= 0.6 is 0 Å². The van der Waals surface area contributed by atoms with Crippen molar-refractivity contribution in [2.45, 2.75) is 26.0 Å². The lowest BCUT2D eigenvalue weighted by Crippen LogP contribution is -2.31. The fourth-order valence-electron chi connectivity index (χ4n) is 3.70. The fourth-order valence-corrected chi connectivity index (χ4v) is 3.70. The van der Waals surface area contributed by atoms with Gasteiger partial charge < -0.3 is 9.84 Å². The third-order valence-corrected chi connectivity index (χ3v) is 5.11. The number of aliphatic hydroxyl groups is 1. The predicted octanol–water partition coefficient (Wildman–Crippen LogP) is 3.80. The molecule has 1 unspecified atom stereocenters. The van der Waals surface area contributed by atoms with Crippen molar-refractivity contribution in [2.24, 2.45) is 0 Å². The van der Waals surface area contributed by atoms with Crippen LogP contribution in [0.3, 0.4) is 0 Å². The Kier molecular flexibility index (Phi) is 6.05. The van der Waals surface area contributed by atoms with Crippen molar-refractivity contribution in [3.63, 3.8) is 0 Å². The van der Waals surface area contributed by atoms with E-state index in [2.05, 4.69) is 9.97 Å². The minimum atomic E-state index is -1.17.